The zero-order valence-corrected chi connectivity index (χ0v) is 9.69. The van der Waals surface area contributed by atoms with E-state index in [1.54, 1.807) is 18.3 Å². The molecule has 1 rings (SSSR count). The van der Waals surface area contributed by atoms with Crippen LogP contribution in [0.15, 0.2) is 18.3 Å². The van der Waals surface area contributed by atoms with E-state index < -0.39 is 0 Å². The molecule has 0 atom stereocenters. The van der Waals surface area contributed by atoms with E-state index in [4.69, 9.17) is 9.47 Å². The largest absolute Gasteiger partial charge is 0.473 e. The van der Waals surface area contributed by atoms with Gasteiger partial charge in [0, 0.05) is 13.3 Å². The van der Waals surface area contributed by atoms with Crippen LogP contribution < -0.4 is 10.1 Å². The Hall–Kier alpha value is -1.62. The molecule has 0 spiro atoms. The highest BCUT2D eigenvalue weighted by Gasteiger charge is 2.09. The maximum Gasteiger partial charge on any atom is 0.250 e. The first-order valence-electron chi connectivity index (χ1n) is 5.04. The van der Waals surface area contributed by atoms with Gasteiger partial charge < -0.3 is 14.8 Å². The van der Waals surface area contributed by atoms with Gasteiger partial charge in [0.2, 0.25) is 11.8 Å². The van der Waals surface area contributed by atoms with E-state index in [1.165, 1.54) is 7.11 Å². The second kappa shape index (κ2) is 6.07. The van der Waals surface area contributed by atoms with Crippen LogP contribution in [0.1, 0.15) is 13.8 Å². The molecule has 5 heteroatoms. The third-order valence-electron chi connectivity index (χ3n) is 1.67. The molecule has 0 unspecified atom stereocenters. The molecular weight excluding hydrogens is 208 g/mol. The zero-order chi connectivity index (χ0) is 12.0. The van der Waals surface area contributed by atoms with Gasteiger partial charge >= 0.3 is 0 Å². The van der Waals surface area contributed by atoms with Crippen molar-refractivity contribution in [2.45, 2.75) is 20.0 Å². The van der Waals surface area contributed by atoms with E-state index in [1.807, 2.05) is 13.8 Å². The minimum atomic E-state index is -0.232. The van der Waals surface area contributed by atoms with Crippen molar-refractivity contribution in [3.8, 4) is 5.88 Å². The quantitative estimate of drug-likeness (QED) is 0.822. The number of anilines is 1. The fraction of sp³-hybridized carbons (Fsp3) is 0.455. The maximum absolute atomic E-state index is 11.3. The van der Waals surface area contributed by atoms with Crippen molar-refractivity contribution in [1.29, 1.82) is 0 Å². The number of carbonyl (C=O) groups excluding carboxylic acids is 1. The van der Waals surface area contributed by atoms with E-state index in [0.29, 0.717) is 11.6 Å². The number of pyridine rings is 1. The van der Waals surface area contributed by atoms with Gasteiger partial charge in [-0.15, -0.1) is 0 Å². The summed E-state index contributed by atoms with van der Waals surface area (Å²) in [6, 6.07) is 3.47. The first-order chi connectivity index (χ1) is 7.63. The van der Waals surface area contributed by atoms with Crippen molar-refractivity contribution in [3.05, 3.63) is 18.3 Å². The molecular formula is C11H16N2O3. The van der Waals surface area contributed by atoms with Crippen molar-refractivity contribution in [1.82, 2.24) is 4.98 Å². The number of ether oxygens (including phenoxy) is 2. The molecule has 1 aromatic heterocycles. The van der Waals surface area contributed by atoms with Crippen LogP contribution in [-0.4, -0.2) is 30.7 Å². The predicted molar refractivity (Wildman–Crippen MR) is 60.5 cm³/mol. The lowest BCUT2D eigenvalue weighted by atomic mass is 10.4. The number of hydrogen-bond acceptors (Lipinski definition) is 4. The third-order valence-corrected chi connectivity index (χ3v) is 1.67. The van der Waals surface area contributed by atoms with Gasteiger partial charge in [-0.2, -0.15) is 0 Å². The van der Waals surface area contributed by atoms with Crippen LogP contribution in [0.5, 0.6) is 5.88 Å². The van der Waals surface area contributed by atoms with Crippen LogP contribution in [-0.2, 0) is 9.53 Å². The molecule has 1 amide bonds. The molecule has 1 N–H and O–H groups in total. The van der Waals surface area contributed by atoms with E-state index in [2.05, 4.69) is 10.3 Å². The molecule has 0 saturated heterocycles. The first-order valence-corrected chi connectivity index (χ1v) is 5.04. The second-order valence-corrected chi connectivity index (χ2v) is 3.50. The highest BCUT2D eigenvalue weighted by molar-refractivity contribution is 5.92. The van der Waals surface area contributed by atoms with Crippen molar-refractivity contribution < 1.29 is 14.3 Å². The van der Waals surface area contributed by atoms with E-state index in [9.17, 15) is 4.79 Å². The Balaban J connectivity index is 2.74. The minimum Gasteiger partial charge on any atom is -0.473 e. The zero-order valence-electron chi connectivity index (χ0n) is 9.69. The molecule has 0 aliphatic carbocycles. The van der Waals surface area contributed by atoms with Gasteiger partial charge in [-0.1, -0.05) is 0 Å². The maximum atomic E-state index is 11.3. The van der Waals surface area contributed by atoms with Gasteiger partial charge in [0.1, 0.15) is 12.3 Å². The fourth-order valence-electron chi connectivity index (χ4n) is 1.12. The monoisotopic (exact) mass is 224 g/mol. The minimum absolute atomic E-state index is 0.00739. The molecule has 1 heterocycles. The summed E-state index contributed by atoms with van der Waals surface area (Å²) in [5.41, 5.74) is 0.554. The van der Waals surface area contributed by atoms with Crippen molar-refractivity contribution in [2.24, 2.45) is 0 Å². The van der Waals surface area contributed by atoms with Crippen molar-refractivity contribution in [3.63, 3.8) is 0 Å². The molecule has 0 aliphatic heterocycles. The number of aromatic nitrogens is 1. The summed E-state index contributed by atoms with van der Waals surface area (Å²) in [4.78, 5) is 15.4. The fourth-order valence-corrected chi connectivity index (χ4v) is 1.12. The smallest absolute Gasteiger partial charge is 0.250 e. The Morgan fingerprint density at radius 1 is 1.56 bits per heavy atom. The molecule has 16 heavy (non-hydrogen) atoms. The lowest BCUT2D eigenvalue weighted by Crippen LogP contribution is -2.18. The number of nitrogens with one attached hydrogen (secondary N) is 1. The van der Waals surface area contributed by atoms with E-state index in [-0.39, 0.29) is 18.6 Å². The molecule has 0 aliphatic rings. The van der Waals surface area contributed by atoms with Crippen molar-refractivity contribution >= 4 is 11.6 Å². The average molecular weight is 224 g/mol. The molecule has 0 radical (unpaired) electrons. The van der Waals surface area contributed by atoms with Crippen LogP contribution in [0.4, 0.5) is 5.69 Å². The average Bonchev–Trinajstić information content (AvgIpc) is 2.20. The standard InChI is InChI=1S/C11H16N2O3/c1-8(2)16-11-9(5-4-6-12-11)13-10(14)7-15-3/h4-6,8H,7H2,1-3H3,(H,13,14). The predicted octanol–water partition coefficient (Wildman–Crippen LogP) is 1.45. The Labute approximate surface area is 94.8 Å². The molecule has 0 aromatic carbocycles. The van der Waals surface area contributed by atoms with Gasteiger partial charge in [-0.3, -0.25) is 4.79 Å². The van der Waals surface area contributed by atoms with Crippen LogP contribution in [0, 0.1) is 0 Å². The van der Waals surface area contributed by atoms with Crippen molar-refractivity contribution in [2.75, 3.05) is 19.0 Å². The summed E-state index contributed by atoms with van der Waals surface area (Å²) < 4.78 is 10.2. The molecule has 1 aromatic rings. The lowest BCUT2D eigenvalue weighted by Gasteiger charge is -2.13. The Morgan fingerprint density at radius 2 is 2.31 bits per heavy atom. The summed E-state index contributed by atoms with van der Waals surface area (Å²) >= 11 is 0. The van der Waals surface area contributed by atoms with Crippen LogP contribution in [0.25, 0.3) is 0 Å². The Kier molecular flexibility index (Phi) is 4.72. The summed E-state index contributed by atoms with van der Waals surface area (Å²) in [6.45, 7) is 3.81. The van der Waals surface area contributed by atoms with Crippen LogP contribution in [0.2, 0.25) is 0 Å². The topological polar surface area (TPSA) is 60.5 Å². The Bertz CT molecular complexity index is 353. The molecule has 0 bridgehead atoms. The number of carbonyl (C=O) groups is 1. The van der Waals surface area contributed by atoms with E-state index in [0.717, 1.165) is 0 Å². The third kappa shape index (κ3) is 3.86. The Morgan fingerprint density at radius 3 is 2.94 bits per heavy atom. The van der Waals surface area contributed by atoms with Crippen LogP contribution >= 0.6 is 0 Å². The van der Waals surface area contributed by atoms with Gasteiger partial charge in [0.05, 0.1) is 6.10 Å². The molecule has 0 saturated carbocycles. The highest BCUT2D eigenvalue weighted by Crippen LogP contribution is 2.21. The lowest BCUT2D eigenvalue weighted by molar-refractivity contribution is -0.119. The molecule has 5 nitrogen and oxygen atoms in total. The van der Waals surface area contributed by atoms with Gasteiger partial charge in [0.15, 0.2) is 0 Å². The summed E-state index contributed by atoms with van der Waals surface area (Å²) in [5.74, 6) is 0.186. The van der Waals surface area contributed by atoms with Gasteiger partial charge in [0.25, 0.3) is 0 Å². The number of nitrogens with zero attached hydrogens (tertiary/aromatic N) is 1. The highest BCUT2D eigenvalue weighted by atomic mass is 16.5. The number of methoxy groups -OCH3 is 1. The number of amides is 1. The van der Waals surface area contributed by atoms with Gasteiger partial charge in [-0.25, -0.2) is 4.98 Å². The second-order valence-electron chi connectivity index (χ2n) is 3.50. The summed E-state index contributed by atoms with van der Waals surface area (Å²) in [7, 11) is 1.47. The first kappa shape index (κ1) is 12.4. The summed E-state index contributed by atoms with van der Waals surface area (Å²) in [6.07, 6.45) is 1.62. The molecule has 88 valence electrons. The number of hydrogen-bond donors (Lipinski definition) is 1. The normalized spacial score (nSPS) is 10.2. The van der Waals surface area contributed by atoms with Crippen LogP contribution in [0.3, 0.4) is 0 Å². The molecule has 0 fully saturated rings. The number of rotatable bonds is 5. The van der Waals surface area contributed by atoms with Gasteiger partial charge in [-0.05, 0) is 26.0 Å². The SMILES string of the molecule is COCC(=O)Nc1cccnc1OC(C)C. The van der Waals surface area contributed by atoms with E-state index >= 15 is 0 Å². The summed E-state index contributed by atoms with van der Waals surface area (Å²) in [5, 5.41) is 2.67.